The minimum absolute atomic E-state index is 0.515. The molecule has 3 aromatic carbocycles. The molecule has 24 heavy (non-hydrogen) atoms. The van der Waals surface area contributed by atoms with Gasteiger partial charge in [-0.2, -0.15) is 0 Å². The van der Waals surface area contributed by atoms with Gasteiger partial charge >= 0.3 is 151 Å². The Morgan fingerprint density at radius 2 is 1.33 bits per heavy atom. The minimum atomic E-state index is -3.42. The molecule has 0 aliphatic carbocycles. The van der Waals surface area contributed by atoms with Crippen LogP contribution in [-0.4, -0.2) is 30.2 Å². The molecule has 0 amide bonds. The molecule has 0 radical (unpaired) electrons. The van der Waals surface area contributed by atoms with Gasteiger partial charge in [-0.25, -0.2) is 0 Å². The van der Waals surface area contributed by atoms with E-state index < -0.39 is 31.6 Å². The van der Waals surface area contributed by atoms with E-state index in [9.17, 15) is 8.42 Å². The number of hydrogen-bond donors (Lipinski definition) is 0. The third-order valence-corrected chi connectivity index (χ3v) is 17.4. The summed E-state index contributed by atoms with van der Waals surface area (Å²) >= 11 is -2.59. The normalized spacial score (nSPS) is 15.6. The summed E-state index contributed by atoms with van der Waals surface area (Å²) in [5, 5.41) is 0. The van der Waals surface area contributed by atoms with Crippen molar-refractivity contribution in [3.63, 3.8) is 0 Å². The summed E-state index contributed by atoms with van der Waals surface area (Å²) in [4.78, 5) is 1.04. The van der Waals surface area contributed by atoms with Crippen molar-refractivity contribution in [3.05, 3.63) is 77.9 Å². The SMILES string of the molecule is Cc1cc[c]([Bi]2[c]3ccccc3S(=O)(=O)c3cc(C)cc[c]32)cc1. The van der Waals surface area contributed by atoms with Crippen LogP contribution in [0.25, 0.3) is 0 Å². The third-order valence-electron chi connectivity index (χ3n) is 4.33. The van der Waals surface area contributed by atoms with E-state index in [1.165, 1.54) is 8.83 Å². The first-order chi connectivity index (χ1) is 11.5. The van der Waals surface area contributed by atoms with Crippen LogP contribution in [0, 0.1) is 13.8 Å². The second kappa shape index (κ2) is 5.79. The average molecular weight is 530 g/mol. The Kier molecular flexibility index (Phi) is 3.86. The summed E-state index contributed by atoms with van der Waals surface area (Å²) in [5.41, 5.74) is 2.22. The van der Waals surface area contributed by atoms with E-state index in [0.29, 0.717) is 9.79 Å². The first kappa shape index (κ1) is 16.0. The van der Waals surface area contributed by atoms with Gasteiger partial charge in [0.2, 0.25) is 0 Å². The molecule has 0 spiro atoms. The summed E-state index contributed by atoms with van der Waals surface area (Å²) in [6.45, 7) is 4.03. The second-order valence-corrected chi connectivity index (χ2v) is 16.4. The maximum atomic E-state index is 13.1. The van der Waals surface area contributed by atoms with Gasteiger partial charge in [0.25, 0.3) is 0 Å². The van der Waals surface area contributed by atoms with Crippen molar-refractivity contribution < 1.29 is 8.42 Å². The molecule has 1 aliphatic heterocycles. The Hall–Kier alpha value is -1.51. The molecule has 0 N–H and O–H groups in total. The molecule has 4 heteroatoms. The molecule has 3 aromatic rings. The first-order valence-corrected chi connectivity index (χ1v) is 14.5. The predicted molar refractivity (Wildman–Crippen MR) is 98.9 cm³/mol. The van der Waals surface area contributed by atoms with Crippen molar-refractivity contribution >= 4 is 41.4 Å². The Labute approximate surface area is 150 Å². The van der Waals surface area contributed by atoms with E-state index in [4.69, 9.17) is 0 Å². The van der Waals surface area contributed by atoms with Gasteiger partial charge in [-0.1, -0.05) is 0 Å². The molecular weight excluding hydrogens is 513 g/mol. The van der Waals surface area contributed by atoms with Crippen molar-refractivity contribution in [2.75, 3.05) is 0 Å². The van der Waals surface area contributed by atoms with Crippen LogP contribution in [0.15, 0.2) is 76.5 Å². The van der Waals surface area contributed by atoms with Gasteiger partial charge in [0.15, 0.2) is 0 Å². The molecule has 0 bridgehead atoms. The molecule has 1 aliphatic rings. The van der Waals surface area contributed by atoms with Crippen LogP contribution in [0.1, 0.15) is 11.1 Å². The van der Waals surface area contributed by atoms with Gasteiger partial charge < -0.3 is 0 Å². The van der Waals surface area contributed by atoms with Crippen LogP contribution in [0.2, 0.25) is 0 Å². The zero-order chi connectivity index (χ0) is 16.9. The van der Waals surface area contributed by atoms with Crippen molar-refractivity contribution in [1.82, 2.24) is 0 Å². The number of aryl methyl sites for hydroxylation is 2. The van der Waals surface area contributed by atoms with Crippen LogP contribution in [0.3, 0.4) is 0 Å². The van der Waals surface area contributed by atoms with Crippen molar-refractivity contribution in [2.45, 2.75) is 23.6 Å². The third kappa shape index (κ3) is 2.44. The Bertz CT molecular complexity index is 1040. The number of rotatable bonds is 1. The summed E-state index contributed by atoms with van der Waals surface area (Å²) in [6, 6.07) is 22.1. The molecule has 0 unspecified atom stereocenters. The number of fused-ring (bicyclic) bond motifs is 2. The molecular formula is C20H17BiO2S. The Morgan fingerprint density at radius 3 is 2.08 bits per heavy atom. The predicted octanol–water partition coefficient (Wildman–Crippen LogP) is 1.97. The van der Waals surface area contributed by atoms with Gasteiger partial charge in [-0.15, -0.1) is 0 Å². The number of sulfone groups is 1. The maximum absolute atomic E-state index is 13.1. The zero-order valence-electron chi connectivity index (χ0n) is 13.5. The van der Waals surface area contributed by atoms with Gasteiger partial charge in [0, 0.05) is 0 Å². The molecule has 0 fully saturated rings. The number of hydrogen-bond acceptors (Lipinski definition) is 2. The molecule has 0 saturated heterocycles. The first-order valence-electron chi connectivity index (χ1n) is 7.80. The fraction of sp³-hybridized carbons (Fsp3) is 0.100. The summed E-state index contributed by atoms with van der Waals surface area (Å²) < 4.78 is 29.7. The van der Waals surface area contributed by atoms with E-state index in [-0.39, 0.29) is 0 Å². The van der Waals surface area contributed by atoms with Crippen LogP contribution >= 0.6 is 0 Å². The van der Waals surface area contributed by atoms with Gasteiger partial charge in [0.05, 0.1) is 0 Å². The molecule has 4 rings (SSSR count). The van der Waals surface area contributed by atoms with Crippen LogP contribution in [0.4, 0.5) is 0 Å². The van der Waals surface area contributed by atoms with Crippen LogP contribution in [-0.2, 0) is 9.84 Å². The van der Waals surface area contributed by atoms with Crippen LogP contribution in [0.5, 0.6) is 0 Å². The van der Waals surface area contributed by atoms with E-state index in [1.807, 2.05) is 37.3 Å². The second-order valence-electron chi connectivity index (χ2n) is 6.11. The fourth-order valence-corrected chi connectivity index (χ4v) is 18.0. The number of benzene rings is 3. The zero-order valence-corrected chi connectivity index (χ0v) is 17.8. The quantitative estimate of drug-likeness (QED) is 0.353. The average Bonchev–Trinajstić information content (AvgIpc) is 2.57. The topological polar surface area (TPSA) is 34.1 Å². The van der Waals surface area contributed by atoms with Gasteiger partial charge in [-0.3, -0.25) is 0 Å². The van der Waals surface area contributed by atoms with E-state index in [0.717, 1.165) is 12.1 Å². The van der Waals surface area contributed by atoms with E-state index >= 15 is 0 Å². The van der Waals surface area contributed by atoms with Gasteiger partial charge in [0.1, 0.15) is 0 Å². The molecule has 0 aromatic heterocycles. The molecule has 0 atom stereocenters. The summed E-state index contributed by atoms with van der Waals surface area (Å²) in [6.07, 6.45) is 0. The van der Waals surface area contributed by atoms with Crippen molar-refractivity contribution in [3.8, 4) is 0 Å². The van der Waals surface area contributed by atoms with Crippen molar-refractivity contribution in [1.29, 1.82) is 0 Å². The molecule has 1 heterocycles. The fourth-order valence-electron chi connectivity index (χ4n) is 3.11. The van der Waals surface area contributed by atoms with Crippen molar-refractivity contribution in [2.24, 2.45) is 0 Å². The van der Waals surface area contributed by atoms with E-state index in [1.54, 1.807) is 6.07 Å². The summed E-state index contributed by atoms with van der Waals surface area (Å²) in [7, 11) is -3.42. The van der Waals surface area contributed by atoms with E-state index in [2.05, 4.69) is 37.3 Å². The van der Waals surface area contributed by atoms with Gasteiger partial charge in [-0.05, 0) is 0 Å². The van der Waals surface area contributed by atoms with Crippen LogP contribution < -0.4 is 9.81 Å². The molecule has 120 valence electrons. The molecule has 0 saturated carbocycles. The Morgan fingerprint density at radius 1 is 0.708 bits per heavy atom. The Balaban J connectivity index is 2.07. The molecule has 2 nitrogen and oxygen atoms in total. The summed E-state index contributed by atoms with van der Waals surface area (Å²) in [5.74, 6) is 0. The standard InChI is InChI=1S/C13H10O2S.C7H7.Bi/c1-11-6-5-9-13(10-11)16(14,15)12-7-3-2-4-8-12;1-7-5-3-2-4-6-7;/h2-7,10H,1H3;3-6H,1H3;. The monoisotopic (exact) mass is 530 g/mol.